The first-order chi connectivity index (χ1) is 13.6. The lowest BCUT2D eigenvalue weighted by Crippen LogP contribution is -2.18. The number of nitrogens with zero attached hydrogens (tertiary/aromatic N) is 4. The molecule has 138 valence electrons. The Bertz CT molecular complexity index is 1180. The number of amides is 1. The molecule has 6 heteroatoms. The second-order valence-corrected chi connectivity index (χ2v) is 6.46. The van der Waals surface area contributed by atoms with E-state index in [4.69, 9.17) is 0 Å². The highest BCUT2D eigenvalue weighted by molar-refractivity contribution is 5.93. The number of hydrazone groups is 1. The minimum absolute atomic E-state index is 0.329. The van der Waals surface area contributed by atoms with Crippen molar-refractivity contribution in [1.82, 2.24) is 20.0 Å². The van der Waals surface area contributed by atoms with Crippen LogP contribution < -0.4 is 5.43 Å². The highest BCUT2D eigenvalue weighted by atomic mass is 16.2. The second-order valence-electron chi connectivity index (χ2n) is 6.46. The number of rotatable bonds is 4. The monoisotopic (exact) mass is 369 g/mol. The minimum atomic E-state index is -0.340. The Hall–Kier alpha value is -3.80. The number of carbonyl (C=O) groups excluding carboxylic acids is 1. The molecule has 3 heterocycles. The molecule has 0 aliphatic rings. The van der Waals surface area contributed by atoms with E-state index in [1.54, 1.807) is 36.8 Å². The average molecular weight is 369 g/mol. The molecule has 1 aromatic carbocycles. The normalized spacial score (nSPS) is 11.2. The predicted octanol–water partition coefficient (Wildman–Crippen LogP) is 3.80. The molecule has 0 saturated heterocycles. The Morgan fingerprint density at radius 3 is 2.71 bits per heavy atom. The van der Waals surface area contributed by atoms with E-state index >= 15 is 0 Å². The number of aryl methyl sites for hydroxylation is 1. The number of pyridine rings is 2. The molecule has 3 aromatic heterocycles. The third-order valence-corrected chi connectivity index (χ3v) is 4.58. The number of fused-ring (bicyclic) bond motifs is 1. The lowest BCUT2D eigenvalue weighted by Gasteiger charge is -2.10. The van der Waals surface area contributed by atoms with Crippen LogP contribution in [0.25, 0.3) is 16.6 Å². The van der Waals surface area contributed by atoms with Crippen LogP contribution in [0, 0.1) is 13.8 Å². The van der Waals surface area contributed by atoms with Gasteiger partial charge in [0, 0.05) is 40.4 Å². The molecule has 0 spiro atoms. The van der Waals surface area contributed by atoms with E-state index in [1.807, 2.05) is 32.0 Å². The van der Waals surface area contributed by atoms with Crippen LogP contribution in [0.2, 0.25) is 0 Å². The van der Waals surface area contributed by atoms with Gasteiger partial charge < -0.3 is 4.57 Å². The number of carbonyl (C=O) groups is 1. The van der Waals surface area contributed by atoms with Gasteiger partial charge in [-0.3, -0.25) is 14.8 Å². The maximum atomic E-state index is 12.0. The maximum Gasteiger partial charge on any atom is 0.289 e. The Labute approximate surface area is 162 Å². The molecule has 0 radical (unpaired) electrons. The van der Waals surface area contributed by atoms with E-state index in [2.05, 4.69) is 43.3 Å². The summed E-state index contributed by atoms with van der Waals surface area (Å²) in [7, 11) is 0. The van der Waals surface area contributed by atoms with E-state index in [0.29, 0.717) is 5.69 Å². The van der Waals surface area contributed by atoms with Crippen molar-refractivity contribution < 1.29 is 4.79 Å². The van der Waals surface area contributed by atoms with Crippen molar-refractivity contribution in [2.24, 2.45) is 5.10 Å². The van der Waals surface area contributed by atoms with Crippen LogP contribution in [-0.2, 0) is 0 Å². The summed E-state index contributed by atoms with van der Waals surface area (Å²) in [6, 6.07) is 17.4. The van der Waals surface area contributed by atoms with Gasteiger partial charge >= 0.3 is 0 Å². The van der Waals surface area contributed by atoms with Crippen LogP contribution in [0.15, 0.2) is 72.1 Å². The molecule has 0 saturated carbocycles. The summed E-state index contributed by atoms with van der Waals surface area (Å²) in [5.41, 5.74) is 7.93. The van der Waals surface area contributed by atoms with Gasteiger partial charge in [-0.25, -0.2) is 5.43 Å². The molecule has 4 aromatic rings. The zero-order valence-corrected chi connectivity index (χ0v) is 15.6. The van der Waals surface area contributed by atoms with Crippen molar-refractivity contribution >= 4 is 23.0 Å². The van der Waals surface area contributed by atoms with Gasteiger partial charge in [0.25, 0.3) is 5.91 Å². The Balaban J connectivity index is 1.59. The molecule has 1 N–H and O–H groups in total. The van der Waals surface area contributed by atoms with Crippen LogP contribution in [0.5, 0.6) is 0 Å². The second kappa shape index (κ2) is 7.44. The van der Waals surface area contributed by atoms with E-state index in [1.165, 1.54) is 0 Å². The maximum absolute atomic E-state index is 12.0. The molecule has 0 fully saturated rings. The van der Waals surface area contributed by atoms with Gasteiger partial charge in [0.1, 0.15) is 5.69 Å². The van der Waals surface area contributed by atoms with Crippen molar-refractivity contribution in [1.29, 1.82) is 0 Å². The largest absolute Gasteiger partial charge is 0.318 e. The van der Waals surface area contributed by atoms with Gasteiger partial charge in [0.05, 0.1) is 11.7 Å². The van der Waals surface area contributed by atoms with Crippen LogP contribution in [-0.4, -0.2) is 26.7 Å². The molecule has 0 unspecified atom stereocenters. The number of nitrogens with one attached hydrogen (secondary N) is 1. The summed E-state index contributed by atoms with van der Waals surface area (Å²) in [6.45, 7) is 4.08. The van der Waals surface area contributed by atoms with Crippen LogP contribution >= 0.6 is 0 Å². The van der Waals surface area contributed by atoms with Gasteiger partial charge in [-0.15, -0.1) is 0 Å². The first kappa shape index (κ1) is 17.6. The van der Waals surface area contributed by atoms with Gasteiger partial charge in [-0.2, -0.15) is 5.10 Å². The van der Waals surface area contributed by atoms with E-state index in [0.717, 1.165) is 33.5 Å². The van der Waals surface area contributed by atoms with Gasteiger partial charge in [-0.1, -0.05) is 12.1 Å². The number of benzene rings is 1. The summed E-state index contributed by atoms with van der Waals surface area (Å²) in [6.07, 6.45) is 5.02. The molecular formula is C22H19N5O. The summed E-state index contributed by atoms with van der Waals surface area (Å²) in [5, 5.41) is 5.18. The SMILES string of the molecule is Cc1cc(/C=N\NC(=O)c2ccccn2)c(C)n1-c1ccc2ncccc2c1. The molecule has 0 bridgehead atoms. The molecule has 0 atom stereocenters. The minimum Gasteiger partial charge on any atom is -0.318 e. The average Bonchev–Trinajstić information content (AvgIpc) is 3.01. The van der Waals surface area contributed by atoms with Gasteiger partial charge in [-0.05, 0) is 56.3 Å². The zero-order chi connectivity index (χ0) is 19.5. The summed E-state index contributed by atoms with van der Waals surface area (Å²) < 4.78 is 2.16. The molecule has 4 rings (SSSR count). The van der Waals surface area contributed by atoms with Crippen molar-refractivity contribution in [2.75, 3.05) is 0 Å². The first-order valence-electron chi connectivity index (χ1n) is 8.92. The topological polar surface area (TPSA) is 72.2 Å². The fraction of sp³-hybridized carbons (Fsp3) is 0.0909. The van der Waals surface area contributed by atoms with Gasteiger partial charge in [0.2, 0.25) is 0 Å². The van der Waals surface area contributed by atoms with Crippen molar-refractivity contribution in [3.63, 3.8) is 0 Å². The van der Waals surface area contributed by atoms with Crippen molar-refractivity contribution in [2.45, 2.75) is 13.8 Å². The van der Waals surface area contributed by atoms with Crippen LogP contribution in [0.4, 0.5) is 0 Å². The Kier molecular flexibility index (Phi) is 4.68. The van der Waals surface area contributed by atoms with Crippen molar-refractivity contribution in [3.05, 3.63) is 89.6 Å². The lowest BCUT2D eigenvalue weighted by molar-refractivity contribution is 0.0950. The lowest BCUT2D eigenvalue weighted by atomic mass is 10.2. The molecule has 0 aliphatic carbocycles. The van der Waals surface area contributed by atoms with Crippen molar-refractivity contribution in [3.8, 4) is 5.69 Å². The Morgan fingerprint density at radius 1 is 1.04 bits per heavy atom. The number of hydrogen-bond acceptors (Lipinski definition) is 4. The highest BCUT2D eigenvalue weighted by Crippen LogP contribution is 2.22. The van der Waals surface area contributed by atoms with E-state index < -0.39 is 0 Å². The third kappa shape index (κ3) is 3.40. The summed E-state index contributed by atoms with van der Waals surface area (Å²) >= 11 is 0. The molecule has 28 heavy (non-hydrogen) atoms. The summed E-state index contributed by atoms with van der Waals surface area (Å²) in [4.78, 5) is 20.4. The quantitative estimate of drug-likeness (QED) is 0.439. The van der Waals surface area contributed by atoms with Crippen LogP contribution in [0.3, 0.4) is 0 Å². The molecule has 6 nitrogen and oxygen atoms in total. The third-order valence-electron chi connectivity index (χ3n) is 4.58. The summed E-state index contributed by atoms with van der Waals surface area (Å²) in [5.74, 6) is -0.340. The zero-order valence-electron chi connectivity index (χ0n) is 15.6. The van der Waals surface area contributed by atoms with E-state index in [9.17, 15) is 4.79 Å². The fourth-order valence-electron chi connectivity index (χ4n) is 3.23. The molecule has 0 aliphatic heterocycles. The highest BCUT2D eigenvalue weighted by Gasteiger charge is 2.10. The first-order valence-corrected chi connectivity index (χ1v) is 8.92. The number of aromatic nitrogens is 3. The Morgan fingerprint density at radius 2 is 1.89 bits per heavy atom. The van der Waals surface area contributed by atoms with Gasteiger partial charge in [0.15, 0.2) is 0 Å². The fourth-order valence-corrected chi connectivity index (χ4v) is 3.23. The standard InChI is InChI=1S/C22H19N5O/c1-15-12-18(14-25-26-22(28)21-7-3-4-10-24-21)16(2)27(15)19-8-9-20-17(13-19)6-5-11-23-20/h3-14H,1-2H3,(H,26,28)/b25-14-. The van der Waals surface area contributed by atoms with E-state index in [-0.39, 0.29) is 5.91 Å². The smallest absolute Gasteiger partial charge is 0.289 e. The predicted molar refractivity (Wildman–Crippen MR) is 110 cm³/mol. The molecule has 1 amide bonds. The van der Waals surface area contributed by atoms with Crippen LogP contribution in [0.1, 0.15) is 27.4 Å². The molecular weight excluding hydrogens is 350 g/mol. The number of hydrogen-bond donors (Lipinski definition) is 1.